The summed E-state index contributed by atoms with van der Waals surface area (Å²) in [5.41, 5.74) is 2.39. The molecule has 206 valence electrons. The Morgan fingerprint density at radius 3 is 2.50 bits per heavy atom. The quantitative estimate of drug-likeness (QED) is 0.328. The van der Waals surface area contributed by atoms with Gasteiger partial charge < -0.3 is 26.0 Å². The third-order valence-electron chi connectivity index (χ3n) is 7.54. The summed E-state index contributed by atoms with van der Waals surface area (Å²) >= 11 is 0. The van der Waals surface area contributed by atoms with Crippen LogP contribution in [0.3, 0.4) is 0 Å². The fourth-order valence-corrected chi connectivity index (χ4v) is 4.93. The lowest BCUT2D eigenvalue weighted by Gasteiger charge is -2.31. The monoisotopic (exact) mass is 540 g/mol. The van der Waals surface area contributed by atoms with Crippen LogP contribution in [0.25, 0.3) is 0 Å². The number of nitrogens with zero attached hydrogens (tertiary/aromatic N) is 3. The van der Waals surface area contributed by atoms with Crippen LogP contribution in [-0.4, -0.2) is 59.9 Å². The van der Waals surface area contributed by atoms with Crippen LogP contribution in [-0.2, 0) is 9.59 Å². The van der Waals surface area contributed by atoms with Gasteiger partial charge in [0.25, 0.3) is 5.91 Å². The van der Waals surface area contributed by atoms with E-state index in [1.165, 1.54) is 4.90 Å². The Morgan fingerprint density at radius 2 is 1.80 bits per heavy atom. The van der Waals surface area contributed by atoms with Crippen molar-refractivity contribution in [1.29, 1.82) is 0 Å². The molecule has 0 radical (unpaired) electrons. The first kappa shape index (κ1) is 27.0. The Labute approximate surface area is 232 Å². The number of anilines is 3. The van der Waals surface area contributed by atoms with Crippen LogP contribution >= 0.6 is 0 Å². The molecule has 1 aliphatic carbocycles. The molecule has 0 spiro atoms. The number of aliphatic hydroxyl groups excluding tert-OH is 1. The number of urea groups is 1. The van der Waals surface area contributed by atoms with E-state index in [0.29, 0.717) is 28.3 Å². The number of aliphatic hydroxyl groups is 1. The first-order valence-corrected chi connectivity index (χ1v) is 13.2. The molecule has 3 aromatic rings. The molecule has 1 fully saturated rings. The molecule has 5 rings (SSSR count). The molecule has 10 nitrogen and oxygen atoms in total. The van der Waals surface area contributed by atoms with Gasteiger partial charge in [-0.2, -0.15) is 0 Å². The predicted octanol–water partition coefficient (Wildman–Crippen LogP) is 3.43. The Morgan fingerprint density at radius 1 is 1.05 bits per heavy atom. The van der Waals surface area contributed by atoms with Gasteiger partial charge in [0, 0.05) is 30.2 Å². The maximum atomic E-state index is 14.0. The molecule has 2 atom stereocenters. The van der Waals surface area contributed by atoms with Gasteiger partial charge in [0.05, 0.1) is 35.7 Å². The Balaban J connectivity index is 1.52. The van der Waals surface area contributed by atoms with Crippen molar-refractivity contribution in [3.63, 3.8) is 0 Å². The van der Waals surface area contributed by atoms with Gasteiger partial charge >= 0.3 is 6.03 Å². The lowest BCUT2D eigenvalue weighted by Crippen LogP contribution is -2.51. The predicted molar refractivity (Wildman–Crippen MR) is 154 cm³/mol. The van der Waals surface area contributed by atoms with Crippen LogP contribution in [0, 0.1) is 11.3 Å². The van der Waals surface area contributed by atoms with E-state index in [2.05, 4.69) is 25.9 Å². The second kappa shape index (κ2) is 11.3. The maximum Gasteiger partial charge on any atom is 0.321 e. The number of benzene rings is 2. The fraction of sp³-hybridized carbons (Fsp3) is 0.300. The van der Waals surface area contributed by atoms with Crippen LogP contribution in [0.5, 0.6) is 0 Å². The van der Waals surface area contributed by atoms with E-state index in [4.69, 9.17) is 0 Å². The molecule has 4 N–H and O–H groups in total. The van der Waals surface area contributed by atoms with Gasteiger partial charge in [-0.1, -0.05) is 37.3 Å². The standard InChI is InChI=1S/C30H32N6O4/c1-30(18-37,19-13-14-19)25(38)17-36-24-12-4-3-10-22(24)26(23-11-5-6-15-32-23)34-27(28(36)39)35-29(40)33-21-9-7-8-20(16-21)31-2/h3-12,15-16,19,27,31,37H,13-14,17-18H2,1-2H3,(H2,33,35,40). The zero-order valence-electron chi connectivity index (χ0n) is 22.4. The number of pyridine rings is 1. The van der Waals surface area contributed by atoms with Crippen molar-refractivity contribution in [2.75, 3.05) is 35.7 Å². The van der Waals surface area contributed by atoms with E-state index in [1.807, 2.05) is 24.3 Å². The summed E-state index contributed by atoms with van der Waals surface area (Å²) in [6, 6.07) is 19.0. The topological polar surface area (TPSA) is 136 Å². The molecule has 0 bridgehead atoms. The number of aliphatic imine (C=N–C) groups is 1. The highest BCUT2D eigenvalue weighted by Crippen LogP contribution is 2.46. The molecule has 2 heterocycles. The van der Waals surface area contributed by atoms with E-state index in [-0.39, 0.29) is 24.9 Å². The summed E-state index contributed by atoms with van der Waals surface area (Å²) in [6.07, 6.45) is 2.00. The van der Waals surface area contributed by atoms with E-state index < -0.39 is 23.5 Å². The molecule has 2 aromatic carbocycles. The number of benzodiazepines with no additional fused rings is 1. The first-order chi connectivity index (χ1) is 19.3. The maximum absolute atomic E-state index is 14.0. The van der Waals surface area contributed by atoms with Crippen LogP contribution < -0.4 is 20.9 Å². The fourth-order valence-electron chi connectivity index (χ4n) is 4.93. The Hall–Kier alpha value is -4.57. The van der Waals surface area contributed by atoms with Crippen molar-refractivity contribution >= 4 is 40.5 Å². The van der Waals surface area contributed by atoms with Gasteiger partial charge in [0.15, 0.2) is 5.78 Å². The van der Waals surface area contributed by atoms with Crippen molar-refractivity contribution in [3.05, 3.63) is 84.2 Å². The molecule has 10 heteroatoms. The summed E-state index contributed by atoms with van der Waals surface area (Å²) in [5.74, 6) is -0.730. The van der Waals surface area contributed by atoms with Gasteiger partial charge in [-0.3, -0.25) is 14.6 Å². The number of aromatic nitrogens is 1. The number of ketones is 1. The van der Waals surface area contributed by atoms with Crippen LogP contribution in [0.4, 0.5) is 21.9 Å². The van der Waals surface area contributed by atoms with Crippen molar-refractivity contribution in [2.24, 2.45) is 16.3 Å². The molecular formula is C30H32N6O4. The largest absolute Gasteiger partial charge is 0.395 e. The average molecular weight is 541 g/mol. The van der Waals surface area contributed by atoms with Crippen molar-refractivity contribution < 1.29 is 19.5 Å². The molecule has 2 unspecified atom stereocenters. The molecule has 40 heavy (non-hydrogen) atoms. The van der Waals surface area contributed by atoms with Gasteiger partial charge in [0.2, 0.25) is 6.17 Å². The highest BCUT2D eigenvalue weighted by Gasteiger charge is 2.47. The third kappa shape index (κ3) is 5.43. The van der Waals surface area contributed by atoms with E-state index in [0.717, 1.165) is 18.5 Å². The molecule has 2 aliphatic rings. The summed E-state index contributed by atoms with van der Waals surface area (Å²) in [5, 5.41) is 18.6. The highest BCUT2D eigenvalue weighted by atomic mass is 16.3. The lowest BCUT2D eigenvalue weighted by atomic mass is 9.81. The smallest absolute Gasteiger partial charge is 0.321 e. The SMILES string of the molecule is CNc1cccc(NC(=O)NC2N=C(c3ccccn3)c3ccccc3N(CC(=O)C(C)(CO)C3CC3)C2=O)c1. The second-order valence-corrected chi connectivity index (χ2v) is 10.2. The van der Waals surface area contributed by atoms with Crippen molar-refractivity contribution in [1.82, 2.24) is 10.3 Å². The minimum atomic E-state index is -1.34. The molecule has 1 aliphatic heterocycles. The zero-order valence-corrected chi connectivity index (χ0v) is 22.4. The minimum Gasteiger partial charge on any atom is -0.395 e. The molecule has 3 amide bonds. The van der Waals surface area contributed by atoms with Gasteiger partial charge in [-0.25, -0.2) is 9.79 Å². The van der Waals surface area contributed by atoms with Gasteiger partial charge in [0.1, 0.15) is 0 Å². The summed E-state index contributed by atoms with van der Waals surface area (Å²) in [4.78, 5) is 51.2. The van der Waals surface area contributed by atoms with Crippen LogP contribution in [0.1, 0.15) is 31.0 Å². The summed E-state index contributed by atoms with van der Waals surface area (Å²) in [6.45, 7) is 1.18. The number of carbonyl (C=O) groups excluding carboxylic acids is 3. The lowest BCUT2D eigenvalue weighted by molar-refractivity contribution is -0.131. The van der Waals surface area contributed by atoms with E-state index in [1.54, 1.807) is 62.6 Å². The normalized spacial score (nSPS) is 18.1. The number of amides is 3. The number of hydrogen-bond acceptors (Lipinski definition) is 7. The van der Waals surface area contributed by atoms with Gasteiger partial charge in [-0.05, 0) is 55.2 Å². The first-order valence-electron chi connectivity index (χ1n) is 13.2. The zero-order chi connectivity index (χ0) is 28.3. The van der Waals surface area contributed by atoms with E-state index in [9.17, 15) is 19.5 Å². The van der Waals surface area contributed by atoms with E-state index >= 15 is 0 Å². The number of Topliss-reactive ketones (excluding diaryl/α,β-unsaturated/α-hetero) is 1. The molecule has 1 aromatic heterocycles. The molecule has 1 saturated carbocycles. The van der Waals surface area contributed by atoms with Crippen LogP contribution in [0.15, 0.2) is 77.9 Å². The number of nitrogens with one attached hydrogen (secondary N) is 3. The third-order valence-corrected chi connectivity index (χ3v) is 7.54. The number of rotatable bonds is 9. The molecule has 0 saturated heterocycles. The summed E-state index contributed by atoms with van der Waals surface area (Å²) < 4.78 is 0. The number of carbonyl (C=O) groups is 3. The number of hydrogen-bond donors (Lipinski definition) is 4. The number of para-hydroxylation sites is 1. The minimum absolute atomic E-state index is 0.0794. The summed E-state index contributed by atoms with van der Waals surface area (Å²) in [7, 11) is 1.77. The Bertz CT molecular complexity index is 1460. The second-order valence-electron chi connectivity index (χ2n) is 10.2. The van der Waals surface area contributed by atoms with Crippen LogP contribution in [0.2, 0.25) is 0 Å². The highest BCUT2D eigenvalue weighted by molar-refractivity contribution is 6.20. The van der Waals surface area contributed by atoms with Crippen molar-refractivity contribution in [3.8, 4) is 0 Å². The molecular weight excluding hydrogens is 508 g/mol. The van der Waals surface area contributed by atoms with Gasteiger partial charge in [-0.15, -0.1) is 0 Å². The van der Waals surface area contributed by atoms with Crippen molar-refractivity contribution in [2.45, 2.75) is 25.9 Å². The average Bonchev–Trinajstić information content (AvgIpc) is 3.84. The number of fused-ring (bicyclic) bond motifs is 1. The Kier molecular flexibility index (Phi) is 7.61.